The fourth-order valence-corrected chi connectivity index (χ4v) is 4.72. The largest absolute Gasteiger partial charge is 0.481 e. The van der Waals surface area contributed by atoms with Crippen LogP contribution in [0.15, 0.2) is 39.7 Å². The minimum Gasteiger partial charge on any atom is -0.481 e. The summed E-state index contributed by atoms with van der Waals surface area (Å²) in [5.74, 6) is -2.40. The summed E-state index contributed by atoms with van der Waals surface area (Å²) in [7, 11) is 0. The molecule has 1 aromatic carbocycles. The summed E-state index contributed by atoms with van der Waals surface area (Å²) in [4.78, 5) is 36.2. The van der Waals surface area contributed by atoms with E-state index < -0.39 is 30.3 Å². The zero-order valence-electron chi connectivity index (χ0n) is 15.0. The lowest BCUT2D eigenvalue weighted by atomic mass is 10.1. The van der Waals surface area contributed by atoms with Gasteiger partial charge in [-0.15, -0.1) is 0 Å². The second kappa shape index (κ2) is 9.22. The van der Waals surface area contributed by atoms with E-state index in [2.05, 4.69) is 0 Å². The minimum absolute atomic E-state index is 0.0324. The monoisotopic (exact) mass is 485 g/mol. The molecule has 0 spiro atoms. The molecule has 3 rings (SSSR count). The Balaban J connectivity index is 1.86. The average molecular weight is 486 g/mol. The van der Waals surface area contributed by atoms with Crippen LogP contribution in [0, 0.1) is 0 Å². The Hall–Kier alpha value is -2.33. The number of hydrogen-bond acceptors (Lipinski definition) is 6. The Bertz CT molecular complexity index is 1060. The van der Waals surface area contributed by atoms with E-state index in [0.717, 1.165) is 16.7 Å². The van der Waals surface area contributed by atoms with Crippen LogP contribution >= 0.6 is 47.2 Å². The predicted octanol–water partition coefficient (Wildman–Crippen LogP) is 4.77. The molecule has 11 heteroatoms. The quantitative estimate of drug-likeness (QED) is 0.426. The molecule has 156 valence electrons. The Morgan fingerprint density at radius 1 is 1.20 bits per heavy atom. The summed E-state index contributed by atoms with van der Waals surface area (Å²) in [6.45, 7) is 0. The number of benzene rings is 1. The molecule has 1 fully saturated rings. The van der Waals surface area contributed by atoms with Crippen molar-refractivity contribution in [2.45, 2.75) is 18.9 Å². The normalized spacial score (nSPS) is 16.3. The van der Waals surface area contributed by atoms with Gasteiger partial charge in [-0.3, -0.25) is 14.5 Å². The van der Waals surface area contributed by atoms with Crippen LogP contribution in [0.25, 0.3) is 17.4 Å². The van der Waals surface area contributed by atoms with Crippen LogP contribution in [-0.4, -0.2) is 43.3 Å². The fourth-order valence-electron chi connectivity index (χ4n) is 2.80. The van der Waals surface area contributed by atoms with Gasteiger partial charge in [0.15, 0.2) is 0 Å². The van der Waals surface area contributed by atoms with Gasteiger partial charge in [-0.25, -0.2) is 4.79 Å². The van der Waals surface area contributed by atoms with Crippen LogP contribution in [0.5, 0.6) is 0 Å². The fraction of sp³-hybridized carbons (Fsp3) is 0.158. The van der Waals surface area contributed by atoms with Gasteiger partial charge < -0.3 is 14.6 Å². The molecule has 0 unspecified atom stereocenters. The van der Waals surface area contributed by atoms with Crippen LogP contribution in [0.1, 0.15) is 18.6 Å². The van der Waals surface area contributed by atoms with Crippen molar-refractivity contribution in [2.75, 3.05) is 0 Å². The van der Waals surface area contributed by atoms with E-state index in [9.17, 15) is 19.5 Å². The van der Waals surface area contributed by atoms with Gasteiger partial charge in [0.2, 0.25) is 0 Å². The average Bonchev–Trinajstić information content (AvgIpc) is 3.21. The SMILES string of the molecule is O=C(O)CC[C@@H](C(=O)O)N1C(=O)/C(=C/c2ccc(-c3c(Cl)cccc3Cl)o2)SC1=S. The molecule has 2 N–H and O–H groups in total. The Morgan fingerprint density at radius 3 is 2.47 bits per heavy atom. The molecule has 1 saturated heterocycles. The third-order valence-corrected chi connectivity index (χ3v) is 6.12. The van der Waals surface area contributed by atoms with Crippen molar-refractivity contribution < 1.29 is 29.0 Å². The minimum atomic E-state index is -1.37. The molecule has 2 heterocycles. The van der Waals surface area contributed by atoms with Crippen molar-refractivity contribution in [3.8, 4) is 11.3 Å². The molecule has 0 bridgehead atoms. The number of furan rings is 1. The second-order valence-electron chi connectivity index (χ2n) is 6.14. The van der Waals surface area contributed by atoms with Gasteiger partial charge in [0.05, 0.1) is 20.5 Å². The standard InChI is InChI=1S/C19H13Cl2NO6S2/c20-10-2-1-3-11(21)16(10)13-6-4-9(28-13)8-14-17(25)22(19(29)30-14)12(18(26)27)5-7-15(23)24/h1-4,6,8,12H,5,7H2,(H,23,24)(H,26,27)/b14-8-/t12-/m0/s1. The van der Waals surface area contributed by atoms with E-state index in [4.69, 9.17) is 44.9 Å². The molecule has 1 atom stereocenters. The number of hydrogen-bond donors (Lipinski definition) is 2. The van der Waals surface area contributed by atoms with Crippen molar-refractivity contribution in [1.82, 2.24) is 4.90 Å². The van der Waals surface area contributed by atoms with Crippen LogP contribution in [0.3, 0.4) is 0 Å². The van der Waals surface area contributed by atoms with E-state index in [0.29, 0.717) is 27.1 Å². The Morgan fingerprint density at radius 2 is 1.87 bits per heavy atom. The highest BCUT2D eigenvalue weighted by atomic mass is 35.5. The molecule has 1 aliphatic heterocycles. The Kier molecular flexibility index (Phi) is 6.87. The number of thioether (sulfide) groups is 1. The molecule has 1 amide bonds. The topological polar surface area (TPSA) is 108 Å². The van der Waals surface area contributed by atoms with Gasteiger partial charge in [-0.2, -0.15) is 0 Å². The van der Waals surface area contributed by atoms with Crippen molar-refractivity contribution in [3.05, 3.63) is 51.0 Å². The summed E-state index contributed by atoms with van der Waals surface area (Å²) in [5, 5.41) is 19.0. The first-order valence-corrected chi connectivity index (χ1v) is 10.4. The molecule has 1 aliphatic rings. The number of carboxylic acids is 2. The van der Waals surface area contributed by atoms with Gasteiger partial charge in [0.25, 0.3) is 5.91 Å². The van der Waals surface area contributed by atoms with E-state index in [1.807, 2.05) is 0 Å². The van der Waals surface area contributed by atoms with Gasteiger partial charge in [-0.1, -0.05) is 53.2 Å². The predicted molar refractivity (Wildman–Crippen MR) is 117 cm³/mol. The number of carbonyl (C=O) groups is 3. The molecule has 1 aromatic heterocycles. The van der Waals surface area contributed by atoms with E-state index >= 15 is 0 Å². The maximum absolute atomic E-state index is 12.8. The molecular weight excluding hydrogens is 473 g/mol. The maximum Gasteiger partial charge on any atom is 0.326 e. The summed E-state index contributed by atoms with van der Waals surface area (Å²) < 4.78 is 5.76. The van der Waals surface area contributed by atoms with Crippen molar-refractivity contribution in [3.63, 3.8) is 0 Å². The van der Waals surface area contributed by atoms with Crippen LogP contribution in [0.2, 0.25) is 10.0 Å². The smallest absolute Gasteiger partial charge is 0.326 e. The van der Waals surface area contributed by atoms with Crippen LogP contribution in [-0.2, 0) is 14.4 Å². The van der Waals surface area contributed by atoms with Crippen LogP contribution < -0.4 is 0 Å². The van der Waals surface area contributed by atoms with Gasteiger partial charge in [0.1, 0.15) is 21.9 Å². The number of carboxylic acid groups (broad SMARTS) is 2. The second-order valence-corrected chi connectivity index (χ2v) is 8.63. The molecule has 30 heavy (non-hydrogen) atoms. The van der Waals surface area contributed by atoms with Crippen LogP contribution in [0.4, 0.5) is 0 Å². The lowest BCUT2D eigenvalue weighted by molar-refractivity contribution is -0.146. The number of nitrogens with zero attached hydrogens (tertiary/aromatic N) is 1. The zero-order valence-corrected chi connectivity index (χ0v) is 18.1. The van der Waals surface area contributed by atoms with Gasteiger partial charge in [0, 0.05) is 12.5 Å². The zero-order chi connectivity index (χ0) is 22.0. The van der Waals surface area contributed by atoms with E-state index in [-0.39, 0.29) is 15.6 Å². The Labute approximate surface area is 190 Å². The lowest BCUT2D eigenvalue weighted by Crippen LogP contribution is -2.44. The first-order chi connectivity index (χ1) is 14.2. The molecule has 0 radical (unpaired) electrons. The van der Waals surface area contributed by atoms with E-state index in [1.54, 1.807) is 30.3 Å². The number of amides is 1. The summed E-state index contributed by atoms with van der Waals surface area (Å²) in [6.07, 6.45) is 0.761. The summed E-state index contributed by atoms with van der Waals surface area (Å²) in [5.41, 5.74) is 0.507. The third-order valence-electron chi connectivity index (χ3n) is 4.16. The first-order valence-electron chi connectivity index (χ1n) is 8.45. The molecule has 7 nitrogen and oxygen atoms in total. The first kappa shape index (κ1) is 22.4. The molecule has 2 aromatic rings. The van der Waals surface area contributed by atoms with Gasteiger partial charge >= 0.3 is 11.9 Å². The highest BCUT2D eigenvalue weighted by molar-refractivity contribution is 8.26. The lowest BCUT2D eigenvalue weighted by Gasteiger charge is -2.22. The summed E-state index contributed by atoms with van der Waals surface area (Å²) >= 11 is 18.4. The number of carbonyl (C=O) groups excluding carboxylic acids is 1. The third kappa shape index (κ3) is 4.70. The number of rotatable bonds is 7. The van der Waals surface area contributed by atoms with E-state index in [1.165, 1.54) is 6.08 Å². The van der Waals surface area contributed by atoms with Crippen molar-refractivity contribution in [1.29, 1.82) is 0 Å². The van der Waals surface area contributed by atoms with Crippen molar-refractivity contribution in [2.24, 2.45) is 0 Å². The summed E-state index contributed by atoms with van der Waals surface area (Å²) in [6, 6.07) is 6.92. The number of aliphatic carboxylic acids is 2. The molecule has 0 aliphatic carbocycles. The molecule has 0 saturated carbocycles. The maximum atomic E-state index is 12.8. The molecular formula is C19H13Cl2NO6S2. The number of thiocarbonyl (C=S) groups is 1. The highest BCUT2D eigenvalue weighted by Gasteiger charge is 2.40. The number of halogens is 2. The highest BCUT2D eigenvalue weighted by Crippen LogP contribution is 2.38. The van der Waals surface area contributed by atoms with Crippen molar-refractivity contribution >= 4 is 75.4 Å². The van der Waals surface area contributed by atoms with Gasteiger partial charge in [-0.05, 0) is 30.7 Å².